The van der Waals surface area contributed by atoms with E-state index in [1.165, 1.54) is 0 Å². The number of halogens is 2. The van der Waals surface area contributed by atoms with Crippen LogP contribution in [0, 0.1) is 11.3 Å². The summed E-state index contributed by atoms with van der Waals surface area (Å²) < 4.78 is 1.67. The van der Waals surface area contributed by atoms with E-state index in [1.54, 1.807) is 48.9 Å². The van der Waals surface area contributed by atoms with E-state index in [4.69, 9.17) is 28.5 Å². The summed E-state index contributed by atoms with van der Waals surface area (Å²) in [5.41, 5.74) is 1.55. The van der Waals surface area contributed by atoms with Gasteiger partial charge in [0, 0.05) is 23.3 Å². The van der Waals surface area contributed by atoms with Gasteiger partial charge in [0.15, 0.2) is 0 Å². The third-order valence-corrected chi connectivity index (χ3v) is 3.69. The van der Waals surface area contributed by atoms with Crippen LogP contribution < -0.4 is 0 Å². The summed E-state index contributed by atoms with van der Waals surface area (Å²) in [6.07, 6.45) is 0. The highest BCUT2D eigenvalue weighted by molar-refractivity contribution is 6.35. The molecule has 102 valence electrons. The highest BCUT2D eigenvalue weighted by Gasteiger charge is 2.22. The summed E-state index contributed by atoms with van der Waals surface area (Å²) in [6, 6.07) is 10.5. The SMILES string of the molecule is CC(C#N)c1cc(Cl)c(C(=O)c2cccc(Cl)c2)n1C. The fourth-order valence-corrected chi connectivity index (χ4v) is 2.61. The lowest BCUT2D eigenvalue weighted by molar-refractivity contribution is 0.103. The Kier molecular flexibility index (Phi) is 4.17. The minimum atomic E-state index is -0.335. The molecule has 1 aromatic heterocycles. The van der Waals surface area contributed by atoms with Crippen molar-refractivity contribution in [1.29, 1.82) is 5.26 Å². The zero-order valence-electron chi connectivity index (χ0n) is 11.0. The van der Waals surface area contributed by atoms with Crippen LogP contribution in [-0.2, 0) is 7.05 Å². The lowest BCUT2D eigenvalue weighted by Crippen LogP contribution is -2.10. The van der Waals surface area contributed by atoms with Gasteiger partial charge in [-0.1, -0.05) is 35.3 Å². The van der Waals surface area contributed by atoms with Crippen LogP contribution in [-0.4, -0.2) is 10.4 Å². The molecule has 0 amide bonds. The Balaban J connectivity index is 2.51. The van der Waals surface area contributed by atoms with E-state index in [9.17, 15) is 4.79 Å². The summed E-state index contributed by atoms with van der Waals surface area (Å²) in [4.78, 5) is 12.5. The molecule has 0 aliphatic heterocycles. The molecule has 1 aromatic carbocycles. The molecule has 0 N–H and O–H groups in total. The second kappa shape index (κ2) is 5.70. The number of rotatable bonds is 3. The van der Waals surface area contributed by atoms with Crippen LogP contribution in [0.5, 0.6) is 0 Å². The van der Waals surface area contributed by atoms with Crippen LogP contribution >= 0.6 is 23.2 Å². The van der Waals surface area contributed by atoms with Crippen LogP contribution in [0.4, 0.5) is 0 Å². The molecule has 0 saturated heterocycles. The highest BCUT2D eigenvalue weighted by atomic mass is 35.5. The number of carbonyl (C=O) groups excluding carboxylic acids is 1. The second-order valence-corrected chi connectivity index (χ2v) is 5.36. The van der Waals surface area contributed by atoms with Crippen molar-refractivity contribution in [2.45, 2.75) is 12.8 Å². The van der Waals surface area contributed by atoms with Gasteiger partial charge in [0.2, 0.25) is 5.78 Å². The molecule has 20 heavy (non-hydrogen) atoms. The quantitative estimate of drug-likeness (QED) is 0.798. The Morgan fingerprint density at radius 2 is 2.05 bits per heavy atom. The predicted octanol–water partition coefficient (Wildman–Crippen LogP) is 4.19. The summed E-state index contributed by atoms with van der Waals surface area (Å²) in [7, 11) is 1.73. The number of benzene rings is 1. The molecule has 1 unspecified atom stereocenters. The average Bonchev–Trinajstić information content (AvgIpc) is 2.72. The van der Waals surface area contributed by atoms with Gasteiger partial charge in [-0.2, -0.15) is 5.26 Å². The molecular weight excluding hydrogens is 295 g/mol. The molecule has 2 rings (SSSR count). The van der Waals surface area contributed by atoms with E-state index >= 15 is 0 Å². The smallest absolute Gasteiger partial charge is 0.210 e. The molecule has 0 bridgehead atoms. The lowest BCUT2D eigenvalue weighted by atomic mass is 10.1. The number of carbonyl (C=O) groups is 1. The van der Waals surface area contributed by atoms with Gasteiger partial charge in [-0.3, -0.25) is 4.79 Å². The minimum Gasteiger partial charge on any atom is -0.342 e. The van der Waals surface area contributed by atoms with Gasteiger partial charge >= 0.3 is 0 Å². The van der Waals surface area contributed by atoms with Gasteiger partial charge in [0.1, 0.15) is 5.69 Å². The first-order valence-corrected chi connectivity index (χ1v) is 6.76. The number of hydrogen-bond donors (Lipinski definition) is 0. The molecule has 0 fully saturated rings. The van der Waals surface area contributed by atoms with Gasteiger partial charge in [-0.15, -0.1) is 0 Å². The van der Waals surface area contributed by atoms with Crippen molar-refractivity contribution in [3.8, 4) is 6.07 Å². The lowest BCUT2D eigenvalue weighted by Gasteiger charge is -2.08. The maximum absolute atomic E-state index is 12.5. The molecule has 0 spiro atoms. The monoisotopic (exact) mass is 306 g/mol. The molecule has 3 nitrogen and oxygen atoms in total. The number of hydrogen-bond acceptors (Lipinski definition) is 2. The fraction of sp³-hybridized carbons (Fsp3) is 0.200. The largest absolute Gasteiger partial charge is 0.342 e. The van der Waals surface area contributed by atoms with E-state index in [-0.39, 0.29) is 11.7 Å². The zero-order valence-corrected chi connectivity index (χ0v) is 12.5. The maximum Gasteiger partial charge on any atom is 0.210 e. The molecule has 1 atom stereocenters. The first-order chi connectivity index (χ1) is 9.45. The molecule has 5 heteroatoms. The minimum absolute atomic E-state index is 0.212. The molecule has 0 aliphatic carbocycles. The fourth-order valence-electron chi connectivity index (χ4n) is 2.09. The van der Waals surface area contributed by atoms with Crippen LogP contribution in [0.3, 0.4) is 0 Å². The Morgan fingerprint density at radius 1 is 1.35 bits per heavy atom. The third-order valence-electron chi connectivity index (χ3n) is 3.16. The van der Waals surface area contributed by atoms with E-state index in [0.29, 0.717) is 27.0 Å². The topological polar surface area (TPSA) is 45.8 Å². The van der Waals surface area contributed by atoms with Crippen molar-refractivity contribution < 1.29 is 4.79 Å². The highest BCUT2D eigenvalue weighted by Crippen LogP contribution is 2.28. The third kappa shape index (κ3) is 2.58. The van der Waals surface area contributed by atoms with Gasteiger partial charge in [-0.25, -0.2) is 0 Å². The van der Waals surface area contributed by atoms with Crippen molar-refractivity contribution >= 4 is 29.0 Å². The Labute approximate surface area is 127 Å². The zero-order chi connectivity index (χ0) is 14.9. The van der Waals surface area contributed by atoms with Crippen molar-refractivity contribution in [2.75, 3.05) is 0 Å². The normalized spacial score (nSPS) is 11.9. The first-order valence-electron chi connectivity index (χ1n) is 6.00. The Morgan fingerprint density at radius 3 is 2.65 bits per heavy atom. The molecule has 0 saturated carbocycles. The van der Waals surface area contributed by atoms with E-state index in [1.807, 2.05) is 0 Å². The number of ketones is 1. The number of nitrogens with zero attached hydrogens (tertiary/aromatic N) is 2. The van der Waals surface area contributed by atoms with Gasteiger partial charge < -0.3 is 4.57 Å². The number of aromatic nitrogens is 1. The van der Waals surface area contributed by atoms with Crippen molar-refractivity contribution in [2.24, 2.45) is 7.05 Å². The molecule has 0 aliphatic rings. The second-order valence-electron chi connectivity index (χ2n) is 4.52. The average molecular weight is 307 g/mol. The van der Waals surface area contributed by atoms with E-state index in [2.05, 4.69) is 6.07 Å². The van der Waals surface area contributed by atoms with Crippen LogP contribution in [0.1, 0.15) is 34.6 Å². The van der Waals surface area contributed by atoms with Gasteiger partial charge in [-0.05, 0) is 25.1 Å². The molecule has 1 heterocycles. The molecule has 0 radical (unpaired) electrons. The van der Waals surface area contributed by atoms with Gasteiger partial charge in [0.05, 0.1) is 17.0 Å². The molecule has 2 aromatic rings. The standard InChI is InChI=1S/C15H12Cl2N2O/c1-9(8-18)13-7-12(17)14(19(13)2)15(20)10-4-3-5-11(16)6-10/h3-7,9H,1-2H3. The van der Waals surface area contributed by atoms with Crippen LogP contribution in [0.25, 0.3) is 0 Å². The van der Waals surface area contributed by atoms with Crippen molar-refractivity contribution in [1.82, 2.24) is 4.57 Å². The van der Waals surface area contributed by atoms with Gasteiger partial charge in [0.25, 0.3) is 0 Å². The maximum atomic E-state index is 12.5. The summed E-state index contributed by atoms with van der Waals surface area (Å²) in [6.45, 7) is 1.76. The Hall–Kier alpha value is -1.76. The van der Waals surface area contributed by atoms with Crippen molar-refractivity contribution in [3.05, 3.63) is 57.3 Å². The Bertz CT molecular complexity index is 713. The van der Waals surface area contributed by atoms with E-state index < -0.39 is 0 Å². The van der Waals surface area contributed by atoms with Crippen molar-refractivity contribution in [3.63, 3.8) is 0 Å². The van der Waals surface area contributed by atoms with Crippen LogP contribution in [0.15, 0.2) is 30.3 Å². The molecular formula is C15H12Cl2N2O. The van der Waals surface area contributed by atoms with E-state index in [0.717, 1.165) is 0 Å². The van der Waals surface area contributed by atoms with Crippen LogP contribution in [0.2, 0.25) is 10.0 Å². The number of nitriles is 1. The predicted molar refractivity (Wildman–Crippen MR) is 79.3 cm³/mol. The summed E-state index contributed by atoms with van der Waals surface area (Å²) >= 11 is 12.1. The first kappa shape index (κ1) is 14.6. The summed E-state index contributed by atoms with van der Waals surface area (Å²) in [5.74, 6) is -0.546. The summed E-state index contributed by atoms with van der Waals surface area (Å²) in [5, 5.41) is 9.83.